The van der Waals surface area contributed by atoms with Crippen molar-refractivity contribution < 1.29 is 14.0 Å². The largest absolute Gasteiger partial charge is 0.334 e. The van der Waals surface area contributed by atoms with Gasteiger partial charge in [0.2, 0.25) is 5.91 Å². The van der Waals surface area contributed by atoms with Crippen LogP contribution in [0.25, 0.3) is 0 Å². The molecule has 138 valence electrons. The van der Waals surface area contributed by atoms with Gasteiger partial charge in [-0.2, -0.15) is 0 Å². The molecule has 7 heteroatoms. The van der Waals surface area contributed by atoms with Crippen molar-refractivity contribution in [3.8, 4) is 0 Å². The first-order valence-corrected chi connectivity index (χ1v) is 8.52. The van der Waals surface area contributed by atoms with E-state index in [1.54, 1.807) is 24.9 Å². The molecule has 2 N–H and O–H groups in total. The number of carbonyl (C=O) groups excluding carboxylic acids is 2. The molecular weight excluding hydrogens is 357 g/mol. The lowest BCUT2D eigenvalue weighted by molar-refractivity contribution is -0.124. The molecule has 5 nitrogen and oxygen atoms in total. The van der Waals surface area contributed by atoms with Crippen LogP contribution in [0.3, 0.4) is 0 Å². The van der Waals surface area contributed by atoms with E-state index in [1.807, 2.05) is 30.3 Å². The molecule has 0 saturated carbocycles. The molecule has 1 unspecified atom stereocenters. The van der Waals surface area contributed by atoms with E-state index in [1.165, 1.54) is 12.1 Å². The average Bonchev–Trinajstić information content (AvgIpc) is 2.63. The lowest BCUT2D eigenvalue weighted by atomic mass is 10.1. The van der Waals surface area contributed by atoms with Crippen molar-refractivity contribution >= 4 is 23.5 Å². The molecule has 0 aliphatic carbocycles. The van der Waals surface area contributed by atoms with Crippen LogP contribution in [0.5, 0.6) is 0 Å². The Labute approximate surface area is 157 Å². The maximum Gasteiger partial charge on any atom is 0.321 e. The van der Waals surface area contributed by atoms with Crippen LogP contribution >= 0.6 is 11.6 Å². The fraction of sp³-hybridized carbons (Fsp3) is 0.263. The number of nitrogens with one attached hydrogen (secondary N) is 2. The van der Waals surface area contributed by atoms with Gasteiger partial charge >= 0.3 is 6.03 Å². The van der Waals surface area contributed by atoms with Gasteiger partial charge in [0.25, 0.3) is 0 Å². The first-order chi connectivity index (χ1) is 12.4. The molecule has 1 atom stereocenters. The van der Waals surface area contributed by atoms with Crippen LogP contribution in [-0.4, -0.2) is 29.9 Å². The number of hydrogen-bond donors (Lipinski definition) is 2. The Bertz CT molecular complexity index is 750. The second-order valence-electron chi connectivity index (χ2n) is 5.95. The van der Waals surface area contributed by atoms with Gasteiger partial charge in [-0.05, 0) is 31.7 Å². The standard InChI is InChI=1S/C19H21ClFN3O2/c1-13(24(2)12-15-16(20)9-6-10-17(15)21)18(25)23-19(26)22-11-14-7-4-3-5-8-14/h3-10,13H,11-12H2,1-2H3,(H2,22,23,25,26). The van der Waals surface area contributed by atoms with Crippen molar-refractivity contribution in [1.82, 2.24) is 15.5 Å². The van der Waals surface area contributed by atoms with Crippen LogP contribution in [0.1, 0.15) is 18.1 Å². The Morgan fingerprint density at radius 2 is 1.85 bits per heavy atom. The van der Waals surface area contributed by atoms with Crippen molar-refractivity contribution in [2.45, 2.75) is 26.1 Å². The topological polar surface area (TPSA) is 61.4 Å². The highest BCUT2D eigenvalue weighted by atomic mass is 35.5. The molecule has 0 aliphatic heterocycles. The number of carbonyl (C=O) groups is 2. The SMILES string of the molecule is CC(C(=O)NC(=O)NCc1ccccc1)N(C)Cc1c(F)cccc1Cl. The lowest BCUT2D eigenvalue weighted by Gasteiger charge is -2.24. The summed E-state index contributed by atoms with van der Waals surface area (Å²) in [6, 6.07) is 12.6. The zero-order valence-corrected chi connectivity index (χ0v) is 15.4. The summed E-state index contributed by atoms with van der Waals surface area (Å²) in [5.74, 6) is -0.914. The van der Waals surface area contributed by atoms with Gasteiger partial charge in [0.1, 0.15) is 5.82 Å². The predicted molar refractivity (Wildman–Crippen MR) is 99.2 cm³/mol. The molecule has 2 aromatic rings. The van der Waals surface area contributed by atoms with Crippen molar-refractivity contribution in [1.29, 1.82) is 0 Å². The number of halogens is 2. The van der Waals surface area contributed by atoms with Crippen molar-refractivity contribution in [3.63, 3.8) is 0 Å². The minimum Gasteiger partial charge on any atom is -0.334 e. The molecule has 3 amide bonds. The third kappa shape index (κ3) is 5.54. The minimum atomic E-state index is -0.645. The van der Waals surface area contributed by atoms with Crippen LogP contribution in [0.2, 0.25) is 5.02 Å². The van der Waals surface area contributed by atoms with Crippen LogP contribution in [0.15, 0.2) is 48.5 Å². The van der Waals surface area contributed by atoms with Crippen LogP contribution in [0.4, 0.5) is 9.18 Å². The first kappa shape index (κ1) is 19.9. The van der Waals surface area contributed by atoms with Gasteiger partial charge in [-0.25, -0.2) is 9.18 Å². The van der Waals surface area contributed by atoms with E-state index in [0.717, 1.165) is 5.56 Å². The summed E-state index contributed by atoms with van der Waals surface area (Å²) in [5, 5.41) is 5.21. The van der Waals surface area contributed by atoms with Gasteiger partial charge in [0, 0.05) is 23.7 Å². The van der Waals surface area contributed by atoms with Gasteiger partial charge in [-0.15, -0.1) is 0 Å². The van der Waals surface area contributed by atoms with Crippen molar-refractivity contribution in [3.05, 3.63) is 70.5 Å². The molecule has 2 rings (SSSR count). The second kappa shape index (κ2) is 9.31. The zero-order valence-electron chi connectivity index (χ0n) is 14.6. The molecule has 0 bridgehead atoms. The van der Waals surface area contributed by atoms with Gasteiger partial charge in [0.05, 0.1) is 6.04 Å². The zero-order chi connectivity index (χ0) is 19.1. The summed E-state index contributed by atoms with van der Waals surface area (Å²) in [6.45, 7) is 2.09. The molecule has 0 spiro atoms. The predicted octanol–water partition coefficient (Wildman–Crippen LogP) is 3.33. The molecule has 26 heavy (non-hydrogen) atoms. The lowest BCUT2D eigenvalue weighted by Crippen LogP contribution is -2.48. The molecule has 0 saturated heterocycles. The number of nitrogens with zero attached hydrogens (tertiary/aromatic N) is 1. The van der Waals surface area contributed by atoms with E-state index in [0.29, 0.717) is 17.1 Å². The Hall–Kier alpha value is -2.44. The monoisotopic (exact) mass is 377 g/mol. The van der Waals surface area contributed by atoms with E-state index >= 15 is 0 Å². The summed E-state index contributed by atoms with van der Waals surface area (Å²) in [7, 11) is 1.66. The summed E-state index contributed by atoms with van der Waals surface area (Å²) >= 11 is 6.01. The Balaban J connectivity index is 1.86. The Kier molecular flexibility index (Phi) is 7.12. The molecular formula is C19H21ClFN3O2. The quantitative estimate of drug-likeness (QED) is 0.811. The highest BCUT2D eigenvalue weighted by molar-refractivity contribution is 6.31. The number of amides is 3. The van der Waals surface area contributed by atoms with E-state index in [-0.39, 0.29) is 6.54 Å². The fourth-order valence-electron chi connectivity index (χ4n) is 2.31. The molecule has 0 aromatic heterocycles. The number of imide groups is 1. The van der Waals surface area contributed by atoms with Gasteiger partial charge in [-0.1, -0.05) is 48.0 Å². The number of rotatable bonds is 6. The maximum atomic E-state index is 13.9. The third-order valence-corrected chi connectivity index (χ3v) is 4.40. The van der Waals surface area contributed by atoms with Crippen LogP contribution < -0.4 is 10.6 Å². The summed E-state index contributed by atoms with van der Waals surface area (Å²) < 4.78 is 13.9. The Morgan fingerprint density at radius 1 is 1.15 bits per heavy atom. The highest BCUT2D eigenvalue weighted by Crippen LogP contribution is 2.21. The van der Waals surface area contributed by atoms with Crippen LogP contribution in [-0.2, 0) is 17.9 Å². The summed E-state index contributed by atoms with van der Waals surface area (Å²) in [6.07, 6.45) is 0. The van der Waals surface area contributed by atoms with E-state index < -0.39 is 23.8 Å². The van der Waals surface area contributed by atoms with Gasteiger partial charge in [0.15, 0.2) is 0 Å². The Morgan fingerprint density at radius 3 is 2.50 bits per heavy atom. The normalized spacial score (nSPS) is 11.9. The number of urea groups is 1. The summed E-state index contributed by atoms with van der Waals surface area (Å²) in [5.41, 5.74) is 1.24. The van der Waals surface area contributed by atoms with Crippen molar-refractivity contribution in [2.75, 3.05) is 7.05 Å². The second-order valence-corrected chi connectivity index (χ2v) is 6.36. The average molecular weight is 378 g/mol. The van der Waals surface area contributed by atoms with Gasteiger partial charge < -0.3 is 5.32 Å². The van der Waals surface area contributed by atoms with E-state index in [2.05, 4.69) is 10.6 Å². The van der Waals surface area contributed by atoms with E-state index in [9.17, 15) is 14.0 Å². The molecule has 0 radical (unpaired) electrons. The van der Waals surface area contributed by atoms with E-state index in [4.69, 9.17) is 11.6 Å². The smallest absolute Gasteiger partial charge is 0.321 e. The first-order valence-electron chi connectivity index (χ1n) is 8.14. The molecule has 2 aromatic carbocycles. The van der Waals surface area contributed by atoms with Crippen LogP contribution in [0, 0.1) is 5.82 Å². The summed E-state index contributed by atoms with van der Waals surface area (Å²) in [4.78, 5) is 25.7. The molecule has 0 heterocycles. The van der Waals surface area contributed by atoms with Gasteiger partial charge in [-0.3, -0.25) is 15.0 Å². The molecule has 0 fully saturated rings. The number of benzene rings is 2. The molecule has 0 aliphatic rings. The third-order valence-electron chi connectivity index (χ3n) is 4.04. The highest BCUT2D eigenvalue weighted by Gasteiger charge is 2.21. The minimum absolute atomic E-state index is 0.145. The van der Waals surface area contributed by atoms with Crippen molar-refractivity contribution in [2.24, 2.45) is 0 Å². The maximum absolute atomic E-state index is 13.9. The fourth-order valence-corrected chi connectivity index (χ4v) is 2.53. The number of hydrogen-bond acceptors (Lipinski definition) is 3. The number of likely N-dealkylation sites (N-methyl/N-ethyl adjacent to an activating group) is 1.